The fourth-order valence-electron chi connectivity index (χ4n) is 1.78. The van der Waals surface area contributed by atoms with Gasteiger partial charge >= 0.3 is 0 Å². The zero-order valence-corrected chi connectivity index (χ0v) is 10.2. The molecule has 0 bridgehead atoms. The summed E-state index contributed by atoms with van der Waals surface area (Å²) in [5.41, 5.74) is 0.228. The second-order valence-corrected chi connectivity index (χ2v) is 4.53. The zero-order valence-electron chi connectivity index (χ0n) is 10.2. The molecule has 2 aromatic carbocycles. The van der Waals surface area contributed by atoms with Gasteiger partial charge in [-0.3, -0.25) is 5.26 Å². The summed E-state index contributed by atoms with van der Waals surface area (Å²) >= 11 is 0. The van der Waals surface area contributed by atoms with Crippen LogP contribution in [0.25, 0.3) is 10.8 Å². The Bertz CT molecular complexity index is 532. The first-order valence-corrected chi connectivity index (χ1v) is 5.48. The lowest BCUT2D eigenvalue weighted by atomic mass is 9.95. The van der Waals surface area contributed by atoms with Crippen LogP contribution in [0, 0.1) is 0 Å². The van der Waals surface area contributed by atoms with Crippen molar-refractivity contribution in [1.82, 2.24) is 0 Å². The summed E-state index contributed by atoms with van der Waals surface area (Å²) in [5.74, 6) is 0.836. The third kappa shape index (κ3) is 2.25. The van der Waals surface area contributed by atoms with Gasteiger partial charge in [-0.1, -0.05) is 18.2 Å². The highest BCUT2D eigenvalue weighted by atomic mass is 17.1. The minimum absolute atomic E-state index is 0.700. The van der Waals surface area contributed by atoms with Gasteiger partial charge in [0.05, 0.1) is 7.11 Å². The topological polar surface area (TPSA) is 38.7 Å². The molecule has 0 radical (unpaired) electrons. The molecule has 0 aliphatic rings. The van der Waals surface area contributed by atoms with E-state index in [1.54, 1.807) is 7.11 Å². The average Bonchev–Trinajstić information content (AvgIpc) is 2.37. The van der Waals surface area contributed by atoms with Gasteiger partial charge in [-0.15, -0.1) is 0 Å². The lowest BCUT2D eigenvalue weighted by Crippen LogP contribution is -2.19. The molecule has 3 heteroatoms. The van der Waals surface area contributed by atoms with E-state index in [1.807, 2.05) is 50.2 Å². The monoisotopic (exact) mass is 232 g/mol. The summed E-state index contributed by atoms with van der Waals surface area (Å²) in [7, 11) is 1.65. The molecular formula is C14H16O3. The normalized spacial score (nSPS) is 11.8. The number of benzene rings is 2. The fraction of sp³-hybridized carbons (Fsp3) is 0.286. The van der Waals surface area contributed by atoms with E-state index < -0.39 is 5.60 Å². The maximum absolute atomic E-state index is 8.88. The molecule has 0 spiro atoms. The highest BCUT2D eigenvalue weighted by Crippen LogP contribution is 2.28. The quantitative estimate of drug-likeness (QED) is 0.649. The molecule has 2 aromatic rings. The summed E-state index contributed by atoms with van der Waals surface area (Å²) < 4.78 is 5.18. The molecule has 17 heavy (non-hydrogen) atoms. The summed E-state index contributed by atoms with van der Waals surface area (Å²) in [4.78, 5) is 4.49. The van der Waals surface area contributed by atoms with Gasteiger partial charge in [-0.2, -0.15) is 0 Å². The number of fused-ring (bicyclic) bond motifs is 1. The van der Waals surface area contributed by atoms with Gasteiger partial charge in [0, 0.05) is 0 Å². The summed E-state index contributed by atoms with van der Waals surface area (Å²) in [6.45, 7) is 3.63. The number of rotatable bonds is 3. The van der Waals surface area contributed by atoms with Crippen molar-refractivity contribution < 1.29 is 14.9 Å². The molecule has 0 aromatic heterocycles. The molecule has 0 amide bonds. The highest BCUT2D eigenvalue weighted by molar-refractivity contribution is 5.84. The number of ether oxygens (including phenoxy) is 1. The van der Waals surface area contributed by atoms with Gasteiger partial charge in [0.15, 0.2) is 0 Å². The van der Waals surface area contributed by atoms with E-state index in [2.05, 4.69) is 4.89 Å². The van der Waals surface area contributed by atoms with Crippen LogP contribution in [0.2, 0.25) is 0 Å². The van der Waals surface area contributed by atoms with E-state index >= 15 is 0 Å². The Kier molecular flexibility index (Phi) is 3.05. The second kappa shape index (κ2) is 4.35. The Hall–Kier alpha value is -1.58. The van der Waals surface area contributed by atoms with Crippen LogP contribution in [0.1, 0.15) is 19.4 Å². The first-order valence-electron chi connectivity index (χ1n) is 5.48. The lowest BCUT2D eigenvalue weighted by molar-refractivity contribution is -0.318. The van der Waals surface area contributed by atoms with Crippen LogP contribution in [0.5, 0.6) is 5.75 Å². The van der Waals surface area contributed by atoms with Gasteiger partial charge in [-0.05, 0) is 48.4 Å². The standard InChI is InChI=1S/C14H16O3/c1-14(2,17-15)12-6-4-11-9-13(16-3)7-5-10(11)8-12/h4-9,15H,1-3H3. The van der Waals surface area contributed by atoms with Gasteiger partial charge in [0.25, 0.3) is 0 Å². The first kappa shape index (κ1) is 11.9. The van der Waals surface area contributed by atoms with Crippen LogP contribution < -0.4 is 4.74 Å². The number of hydrogen-bond acceptors (Lipinski definition) is 3. The molecule has 0 heterocycles. The fourth-order valence-corrected chi connectivity index (χ4v) is 1.78. The van der Waals surface area contributed by atoms with Crippen LogP contribution in [-0.2, 0) is 10.5 Å². The highest BCUT2D eigenvalue weighted by Gasteiger charge is 2.21. The van der Waals surface area contributed by atoms with Crippen LogP contribution in [0.15, 0.2) is 36.4 Å². The van der Waals surface area contributed by atoms with E-state index in [0.29, 0.717) is 0 Å². The molecule has 0 fully saturated rings. The SMILES string of the molecule is COc1ccc2cc(C(C)(C)OO)ccc2c1. The van der Waals surface area contributed by atoms with Crippen LogP contribution >= 0.6 is 0 Å². The Morgan fingerprint density at radius 1 is 1.00 bits per heavy atom. The van der Waals surface area contributed by atoms with E-state index in [-0.39, 0.29) is 0 Å². The van der Waals surface area contributed by atoms with Crippen molar-refractivity contribution >= 4 is 10.8 Å². The third-order valence-electron chi connectivity index (χ3n) is 2.97. The molecule has 1 N–H and O–H groups in total. The van der Waals surface area contributed by atoms with Crippen LogP contribution in [0.3, 0.4) is 0 Å². The van der Waals surface area contributed by atoms with Crippen molar-refractivity contribution in [3.63, 3.8) is 0 Å². The predicted octanol–water partition coefficient (Wildman–Crippen LogP) is 3.57. The molecule has 0 unspecified atom stereocenters. The zero-order chi connectivity index (χ0) is 12.5. The van der Waals surface area contributed by atoms with E-state index in [4.69, 9.17) is 9.99 Å². The van der Waals surface area contributed by atoms with Crippen molar-refractivity contribution in [2.24, 2.45) is 0 Å². The third-order valence-corrected chi connectivity index (χ3v) is 2.97. The minimum Gasteiger partial charge on any atom is -0.497 e. The smallest absolute Gasteiger partial charge is 0.123 e. The summed E-state index contributed by atoms with van der Waals surface area (Å²) in [6, 6.07) is 11.8. The minimum atomic E-state index is -0.700. The van der Waals surface area contributed by atoms with E-state index in [9.17, 15) is 0 Å². The van der Waals surface area contributed by atoms with Crippen molar-refractivity contribution in [3.05, 3.63) is 42.0 Å². The van der Waals surface area contributed by atoms with E-state index in [1.165, 1.54) is 0 Å². The van der Waals surface area contributed by atoms with Gasteiger partial charge < -0.3 is 4.74 Å². The maximum Gasteiger partial charge on any atom is 0.123 e. The van der Waals surface area contributed by atoms with Crippen molar-refractivity contribution in [2.75, 3.05) is 7.11 Å². The molecule has 0 atom stereocenters. The van der Waals surface area contributed by atoms with E-state index in [0.717, 1.165) is 22.1 Å². The Morgan fingerprint density at radius 2 is 1.65 bits per heavy atom. The lowest BCUT2D eigenvalue weighted by Gasteiger charge is -2.21. The van der Waals surface area contributed by atoms with Gasteiger partial charge in [-0.25, -0.2) is 4.89 Å². The van der Waals surface area contributed by atoms with Gasteiger partial charge in [0.1, 0.15) is 11.4 Å². The summed E-state index contributed by atoms with van der Waals surface area (Å²) in [5, 5.41) is 11.1. The Balaban J connectivity index is 2.52. The average molecular weight is 232 g/mol. The second-order valence-electron chi connectivity index (χ2n) is 4.53. The van der Waals surface area contributed by atoms with Crippen molar-refractivity contribution in [3.8, 4) is 5.75 Å². The van der Waals surface area contributed by atoms with Gasteiger partial charge in [0.2, 0.25) is 0 Å². The Morgan fingerprint density at radius 3 is 2.29 bits per heavy atom. The Labute approximate surface area is 101 Å². The largest absolute Gasteiger partial charge is 0.497 e. The number of hydrogen-bond donors (Lipinski definition) is 1. The molecule has 0 saturated carbocycles. The molecule has 0 aliphatic heterocycles. The first-order chi connectivity index (χ1) is 8.06. The molecule has 2 rings (SSSR count). The molecule has 0 aliphatic carbocycles. The molecule has 3 nitrogen and oxygen atoms in total. The molecule has 0 saturated heterocycles. The van der Waals surface area contributed by atoms with Crippen LogP contribution in [-0.4, -0.2) is 12.4 Å². The van der Waals surface area contributed by atoms with Crippen molar-refractivity contribution in [2.45, 2.75) is 19.4 Å². The summed E-state index contributed by atoms with van der Waals surface area (Å²) in [6.07, 6.45) is 0. The van der Waals surface area contributed by atoms with Crippen LogP contribution in [0.4, 0.5) is 0 Å². The predicted molar refractivity (Wildman–Crippen MR) is 67.2 cm³/mol. The number of methoxy groups -OCH3 is 1. The van der Waals surface area contributed by atoms with Crippen molar-refractivity contribution in [1.29, 1.82) is 0 Å². The maximum atomic E-state index is 8.88. The molecular weight excluding hydrogens is 216 g/mol. The molecule has 90 valence electrons.